The van der Waals surface area contributed by atoms with Crippen molar-refractivity contribution in [1.82, 2.24) is 0 Å². The van der Waals surface area contributed by atoms with Gasteiger partial charge in [-0.1, -0.05) is 65.5 Å². The van der Waals surface area contributed by atoms with Gasteiger partial charge in [0.05, 0.1) is 0 Å². The van der Waals surface area contributed by atoms with Crippen LogP contribution in [0.2, 0.25) is 0 Å². The van der Waals surface area contributed by atoms with E-state index in [4.69, 9.17) is 4.74 Å². The maximum absolute atomic E-state index is 11.6. The molecule has 4 rings (SSSR count). The summed E-state index contributed by atoms with van der Waals surface area (Å²) in [5, 5.41) is 12.5. The minimum absolute atomic E-state index is 0.0116. The molecule has 3 nitrogen and oxygen atoms in total. The van der Waals surface area contributed by atoms with Crippen molar-refractivity contribution in [3.05, 3.63) is 11.6 Å². The molecule has 0 unspecified atom stereocenters. The van der Waals surface area contributed by atoms with Crippen molar-refractivity contribution in [1.29, 1.82) is 5.26 Å². The summed E-state index contributed by atoms with van der Waals surface area (Å²) in [6, 6.07) is 0. The van der Waals surface area contributed by atoms with Crippen molar-refractivity contribution in [2.75, 3.05) is 0 Å². The van der Waals surface area contributed by atoms with Crippen LogP contribution in [0.4, 0.5) is 0 Å². The standard InChI is InChI=1S/C30H47NO2S/c1-19(2)8-7-9-20(3)24-10-11-25-28-26(13-15-30(24,25)6)29(5)14-12-23(33-21(4)32)16-22(29)17-27(28)34-18-31/h17,19-20,23-28H,7-16H2,1-6H3/t20-,23-,24+,25-,26-,27+,28-,29-,30+/m0/s1. The molecule has 0 aromatic rings. The van der Waals surface area contributed by atoms with Gasteiger partial charge in [-0.2, -0.15) is 5.26 Å². The van der Waals surface area contributed by atoms with Crippen molar-refractivity contribution >= 4 is 17.7 Å². The van der Waals surface area contributed by atoms with E-state index in [1.165, 1.54) is 69.2 Å². The first-order chi connectivity index (χ1) is 16.1. The fourth-order valence-electron chi connectivity index (χ4n) is 9.12. The number of hydrogen-bond acceptors (Lipinski definition) is 4. The van der Waals surface area contributed by atoms with Gasteiger partial charge in [-0.3, -0.25) is 4.79 Å². The lowest BCUT2D eigenvalue weighted by molar-refractivity contribution is -0.148. The minimum Gasteiger partial charge on any atom is -0.462 e. The largest absolute Gasteiger partial charge is 0.462 e. The fraction of sp³-hybridized carbons (Fsp3) is 0.867. The van der Waals surface area contributed by atoms with Gasteiger partial charge in [0.25, 0.3) is 0 Å². The lowest BCUT2D eigenvalue weighted by Crippen LogP contribution is -2.54. The zero-order chi connectivity index (χ0) is 24.7. The summed E-state index contributed by atoms with van der Waals surface area (Å²) in [6.45, 7) is 13.9. The van der Waals surface area contributed by atoms with E-state index in [2.05, 4.69) is 46.1 Å². The molecule has 0 aromatic heterocycles. The van der Waals surface area contributed by atoms with Crippen molar-refractivity contribution in [3.63, 3.8) is 0 Å². The average Bonchev–Trinajstić information content (AvgIpc) is 3.11. The number of rotatable bonds is 7. The molecule has 0 heterocycles. The number of carbonyl (C=O) groups is 1. The van der Waals surface area contributed by atoms with Gasteiger partial charge in [0.1, 0.15) is 11.5 Å². The normalized spacial score (nSPS) is 42.1. The minimum atomic E-state index is -0.168. The molecule has 0 bridgehead atoms. The summed E-state index contributed by atoms with van der Waals surface area (Å²) in [7, 11) is 0. The first-order valence-electron chi connectivity index (χ1n) is 14.0. The number of hydrogen-bond donors (Lipinski definition) is 0. The summed E-state index contributed by atoms with van der Waals surface area (Å²) in [6.07, 6.45) is 14.9. The monoisotopic (exact) mass is 485 g/mol. The van der Waals surface area contributed by atoms with Gasteiger partial charge in [0.2, 0.25) is 0 Å². The van der Waals surface area contributed by atoms with Crippen molar-refractivity contribution in [2.45, 2.75) is 117 Å². The highest BCUT2D eigenvalue weighted by atomic mass is 32.2. The molecule has 3 fully saturated rings. The summed E-state index contributed by atoms with van der Waals surface area (Å²) < 4.78 is 5.64. The number of nitriles is 1. The molecule has 4 aliphatic carbocycles. The Balaban J connectivity index is 1.58. The third kappa shape index (κ3) is 4.72. The summed E-state index contributed by atoms with van der Waals surface area (Å²) in [4.78, 5) is 11.6. The van der Waals surface area contributed by atoms with Gasteiger partial charge in [-0.25, -0.2) is 0 Å². The van der Waals surface area contributed by atoms with Gasteiger partial charge < -0.3 is 4.74 Å². The fourth-order valence-corrected chi connectivity index (χ4v) is 10.0. The lowest BCUT2D eigenvalue weighted by Gasteiger charge is -2.60. The predicted octanol–water partition coefficient (Wildman–Crippen LogP) is 8.15. The Labute approximate surface area is 212 Å². The molecule has 0 amide bonds. The highest BCUT2D eigenvalue weighted by molar-refractivity contribution is 8.04. The van der Waals surface area contributed by atoms with E-state index in [0.29, 0.717) is 17.3 Å². The Morgan fingerprint density at radius 1 is 1.15 bits per heavy atom. The second-order valence-corrected chi connectivity index (χ2v) is 14.0. The molecule has 0 saturated heterocycles. The van der Waals surface area contributed by atoms with Gasteiger partial charge in [-0.15, -0.1) is 0 Å². The molecule has 34 heavy (non-hydrogen) atoms. The third-order valence-corrected chi connectivity index (χ3v) is 11.6. The van der Waals surface area contributed by atoms with Crippen LogP contribution in [0.5, 0.6) is 0 Å². The molecule has 3 saturated carbocycles. The smallest absolute Gasteiger partial charge is 0.302 e. The molecule has 0 N–H and O–H groups in total. The second-order valence-electron chi connectivity index (χ2n) is 13.1. The molecule has 4 aliphatic rings. The Morgan fingerprint density at radius 2 is 1.91 bits per heavy atom. The molecular formula is C30H47NO2S. The maximum Gasteiger partial charge on any atom is 0.302 e. The molecule has 190 valence electrons. The van der Waals surface area contributed by atoms with Crippen molar-refractivity contribution < 1.29 is 9.53 Å². The second kappa shape index (κ2) is 10.2. The van der Waals surface area contributed by atoms with E-state index in [0.717, 1.165) is 42.9 Å². The quantitative estimate of drug-likeness (QED) is 0.207. The molecule has 9 atom stereocenters. The van der Waals surface area contributed by atoms with E-state index in [9.17, 15) is 10.1 Å². The van der Waals surface area contributed by atoms with E-state index in [1.807, 2.05) is 0 Å². The maximum atomic E-state index is 11.6. The van der Waals surface area contributed by atoms with Crippen LogP contribution in [0.25, 0.3) is 0 Å². The first-order valence-corrected chi connectivity index (χ1v) is 14.9. The number of thiocyanates is 1. The Hall–Kier alpha value is -0.950. The van der Waals surface area contributed by atoms with Crippen LogP contribution < -0.4 is 0 Å². The molecular weight excluding hydrogens is 438 g/mol. The third-order valence-electron chi connectivity index (χ3n) is 10.8. The van der Waals surface area contributed by atoms with Crippen molar-refractivity contribution in [2.24, 2.45) is 46.3 Å². The zero-order valence-electron chi connectivity index (χ0n) is 22.4. The van der Waals surface area contributed by atoms with E-state index in [1.54, 1.807) is 0 Å². The molecule has 0 radical (unpaired) electrons. The van der Waals surface area contributed by atoms with Crippen LogP contribution in [0.15, 0.2) is 11.6 Å². The van der Waals surface area contributed by atoms with Crippen LogP contribution >= 0.6 is 11.8 Å². The highest BCUT2D eigenvalue weighted by Gasteiger charge is 2.61. The Morgan fingerprint density at radius 3 is 2.59 bits per heavy atom. The van der Waals surface area contributed by atoms with Crippen LogP contribution in [0, 0.1) is 57.0 Å². The SMILES string of the molecule is CC(=O)O[C@H]1CC[C@@]2(C)C(=C[C@@H](SC#N)[C@H]3[C@@H]4CC[C@H]([C@@H](C)CCCC(C)C)[C@@]4(C)CC[C@@H]32)C1. The number of ether oxygens (including phenoxy) is 1. The number of fused-ring (bicyclic) bond motifs is 5. The predicted molar refractivity (Wildman–Crippen MR) is 141 cm³/mol. The number of esters is 1. The summed E-state index contributed by atoms with van der Waals surface area (Å²) in [5.74, 6) is 4.26. The Kier molecular flexibility index (Phi) is 7.83. The Bertz CT molecular complexity index is 830. The van der Waals surface area contributed by atoms with Gasteiger partial charge >= 0.3 is 5.97 Å². The van der Waals surface area contributed by atoms with Crippen LogP contribution in [-0.4, -0.2) is 17.3 Å². The first kappa shape index (κ1) is 26.1. The number of nitrogens with zero attached hydrogens (tertiary/aromatic N) is 1. The number of carbonyl (C=O) groups excluding carboxylic acids is 1. The van der Waals surface area contributed by atoms with Gasteiger partial charge in [-0.05, 0) is 96.6 Å². The summed E-state index contributed by atoms with van der Waals surface area (Å²) >= 11 is 1.50. The van der Waals surface area contributed by atoms with Crippen molar-refractivity contribution in [3.8, 4) is 5.40 Å². The van der Waals surface area contributed by atoms with Gasteiger partial charge in [0.15, 0.2) is 0 Å². The van der Waals surface area contributed by atoms with Gasteiger partial charge in [0, 0.05) is 18.6 Å². The number of thioether (sulfide) groups is 1. The zero-order valence-corrected chi connectivity index (χ0v) is 23.3. The topological polar surface area (TPSA) is 50.1 Å². The van der Waals surface area contributed by atoms with E-state index >= 15 is 0 Å². The molecule has 4 heteroatoms. The van der Waals surface area contributed by atoms with Crippen LogP contribution in [-0.2, 0) is 9.53 Å². The lowest BCUT2D eigenvalue weighted by atomic mass is 9.46. The van der Waals surface area contributed by atoms with E-state index in [-0.39, 0.29) is 22.7 Å². The average molecular weight is 486 g/mol. The molecule has 0 aromatic carbocycles. The highest BCUT2D eigenvalue weighted by Crippen LogP contribution is 2.68. The summed E-state index contributed by atoms with van der Waals surface area (Å²) in [5.41, 5.74) is 2.10. The molecule has 0 aliphatic heterocycles. The molecule has 0 spiro atoms. The van der Waals surface area contributed by atoms with E-state index < -0.39 is 0 Å². The van der Waals surface area contributed by atoms with Crippen LogP contribution in [0.3, 0.4) is 0 Å². The van der Waals surface area contributed by atoms with Crippen LogP contribution in [0.1, 0.15) is 106 Å².